The van der Waals surface area contributed by atoms with Crippen LogP contribution in [-0.4, -0.2) is 17.1 Å². The monoisotopic (exact) mass is 265 g/mol. The van der Waals surface area contributed by atoms with Crippen LogP contribution in [0, 0.1) is 23.3 Å². The summed E-state index contributed by atoms with van der Waals surface area (Å²) in [4.78, 5) is 11.2. The molecule has 0 radical (unpaired) electrons. The molecule has 0 saturated heterocycles. The van der Waals surface area contributed by atoms with Crippen LogP contribution in [0.3, 0.4) is 0 Å². The summed E-state index contributed by atoms with van der Waals surface area (Å²) < 4.78 is 51.9. The lowest BCUT2D eigenvalue weighted by atomic mass is 10.2. The smallest absolute Gasteiger partial charge is 0.224 e. The van der Waals surface area contributed by atoms with Crippen LogP contribution in [0.25, 0.3) is 0 Å². The predicted molar refractivity (Wildman–Crippen MR) is 55.8 cm³/mol. The van der Waals surface area contributed by atoms with E-state index in [2.05, 4.69) is 0 Å². The lowest BCUT2D eigenvalue weighted by molar-refractivity contribution is -0.116. The van der Waals surface area contributed by atoms with E-state index in [1.807, 2.05) is 0 Å². The SMILES string of the molecule is CC(O)CCC(=O)Nc1c(F)c(F)cc(F)c1F. The Bertz CT molecular complexity index is 437. The molecule has 1 aromatic rings. The summed E-state index contributed by atoms with van der Waals surface area (Å²) in [6, 6.07) is 0.0517. The molecule has 18 heavy (non-hydrogen) atoms. The van der Waals surface area contributed by atoms with E-state index in [-0.39, 0.29) is 18.9 Å². The zero-order valence-corrected chi connectivity index (χ0v) is 9.44. The number of hydrogen-bond acceptors (Lipinski definition) is 2. The van der Waals surface area contributed by atoms with Gasteiger partial charge in [-0.05, 0) is 13.3 Å². The molecule has 0 bridgehead atoms. The number of amides is 1. The number of nitrogens with one attached hydrogen (secondary N) is 1. The van der Waals surface area contributed by atoms with Crippen LogP contribution in [-0.2, 0) is 4.79 Å². The minimum Gasteiger partial charge on any atom is -0.393 e. The maximum Gasteiger partial charge on any atom is 0.224 e. The number of hydrogen-bond donors (Lipinski definition) is 2. The topological polar surface area (TPSA) is 49.3 Å². The van der Waals surface area contributed by atoms with Crippen molar-refractivity contribution in [2.75, 3.05) is 5.32 Å². The van der Waals surface area contributed by atoms with Crippen molar-refractivity contribution in [1.29, 1.82) is 0 Å². The molecule has 1 rings (SSSR count). The molecule has 0 fully saturated rings. The third kappa shape index (κ3) is 3.43. The average Bonchev–Trinajstić information content (AvgIpc) is 2.29. The van der Waals surface area contributed by atoms with Crippen LogP contribution in [0.15, 0.2) is 6.07 Å². The van der Waals surface area contributed by atoms with Crippen LogP contribution < -0.4 is 5.32 Å². The van der Waals surface area contributed by atoms with Gasteiger partial charge in [-0.3, -0.25) is 4.79 Å². The zero-order chi connectivity index (χ0) is 13.9. The van der Waals surface area contributed by atoms with Gasteiger partial charge in [0.2, 0.25) is 5.91 Å². The number of halogens is 4. The van der Waals surface area contributed by atoms with Crippen molar-refractivity contribution < 1.29 is 27.5 Å². The van der Waals surface area contributed by atoms with E-state index in [1.54, 1.807) is 5.32 Å². The molecule has 0 aliphatic carbocycles. The molecule has 3 nitrogen and oxygen atoms in total. The molecule has 7 heteroatoms. The highest BCUT2D eigenvalue weighted by atomic mass is 19.2. The van der Waals surface area contributed by atoms with E-state index in [0.717, 1.165) is 0 Å². The third-order valence-corrected chi connectivity index (χ3v) is 2.17. The molecule has 1 aromatic carbocycles. The van der Waals surface area contributed by atoms with Gasteiger partial charge in [0.05, 0.1) is 6.10 Å². The van der Waals surface area contributed by atoms with Crippen molar-refractivity contribution in [1.82, 2.24) is 0 Å². The Kier molecular flexibility index (Phi) is 4.66. The predicted octanol–water partition coefficient (Wildman–Crippen LogP) is 2.34. The number of anilines is 1. The van der Waals surface area contributed by atoms with Crippen LogP contribution in [0.4, 0.5) is 23.2 Å². The maximum absolute atomic E-state index is 13.2. The number of benzene rings is 1. The quantitative estimate of drug-likeness (QED) is 0.648. The maximum atomic E-state index is 13.2. The molecular formula is C11H11F4NO2. The Morgan fingerprint density at radius 1 is 1.28 bits per heavy atom. The second-order valence-electron chi connectivity index (χ2n) is 3.78. The van der Waals surface area contributed by atoms with E-state index in [1.165, 1.54) is 6.92 Å². The van der Waals surface area contributed by atoms with E-state index in [0.29, 0.717) is 0 Å². The molecule has 100 valence electrons. The highest BCUT2D eigenvalue weighted by molar-refractivity contribution is 5.91. The van der Waals surface area contributed by atoms with Crippen molar-refractivity contribution in [3.8, 4) is 0 Å². The van der Waals surface area contributed by atoms with Gasteiger partial charge in [0, 0.05) is 12.5 Å². The molecule has 0 saturated carbocycles. The number of carbonyl (C=O) groups is 1. The highest BCUT2D eigenvalue weighted by Crippen LogP contribution is 2.24. The Labute approximate surface area is 100 Å². The fraction of sp³-hybridized carbons (Fsp3) is 0.364. The van der Waals surface area contributed by atoms with Crippen molar-refractivity contribution >= 4 is 11.6 Å². The normalized spacial score (nSPS) is 12.3. The standard InChI is InChI=1S/C11H11F4NO2/c1-5(17)2-3-8(18)16-11-9(14)6(12)4-7(13)10(11)15/h4-5,17H,2-3H2,1H3,(H,16,18). The van der Waals surface area contributed by atoms with Gasteiger partial charge in [-0.1, -0.05) is 0 Å². The first-order valence-electron chi connectivity index (χ1n) is 5.13. The molecular weight excluding hydrogens is 254 g/mol. The first-order chi connectivity index (χ1) is 8.32. The molecule has 2 N–H and O–H groups in total. The van der Waals surface area contributed by atoms with E-state index in [9.17, 15) is 22.4 Å². The number of rotatable bonds is 4. The summed E-state index contributed by atoms with van der Waals surface area (Å²) in [5.74, 6) is -7.38. The minimum atomic E-state index is -1.67. The summed E-state index contributed by atoms with van der Waals surface area (Å²) in [7, 11) is 0. The van der Waals surface area contributed by atoms with Crippen molar-refractivity contribution in [3.05, 3.63) is 29.3 Å². The van der Waals surface area contributed by atoms with Gasteiger partial charge >= 0.3 is 0 Å². The Morgan fingerprint density at radius 2 is 1.78 bits per heavy atom. The molecule has 0 aliphatic rings. The van der Waals surface area contributed by atoms with Crippen LogP contribution in [0.5, 0.6) is 0 Å². The number of carbonyl (C=O) groups excluding carboxylic acids is 1. The molecule has 1 unspecified atom stereocenters. The molecule has 0 aromatic heterocycles. The van der Waals surface area contributed by atoms with Gasteiger partial charge in [-0.2, -0.15) is 0 Å². The van der Waals surface area contributed by atoms with Crippen LogP contribution in [0.1, 0.15) is 19.8 Å². The fourth-order valence-electron chi connectivity index (χ4n) is 1.22. The first kappa shape index (κ1) is 14.4. The second-order valence-corrected chi connectivity index (χ2v) is 3.78. The van der Waals surface area contributed by atoms with Gasteiger partial charge in [-0.15, -0.1) is 0 Å². The van der Waals surface area contributed by atoms with Gasteiger partial charge in [0.25, 0.3) is 0 Å². The summed E-state index contributed by atoms with van der Waals surface area (Å²) in [5, 5.41) is 10.7. The second kappa shape index (κ2) is 5.81. The average molecular weight is 265 g/mol. The minimum absolute atomic E-state index is 0.0517. The van der Waals surface area contributed by atoms with Crippen LogP contribution >= 0.6 is 0 Å². The van der Waals surface area contributed by atoms with Gasteiger partial charge < -0.3 is 10.4 Å². The van der Waals surface area contributed by atoms with Gasteiger partial charge in [-0.25, -0.2) is 17.6 Å². The van der Waals surface area contributed by atoms with E-state index < -0.39 is 41.0 Å². The summed E-state index contributed by atoms with van der Waals surface area (Å²) >= 11 is 0. The summed E-state index contributed by atoms with van der Waals surface area (Å²) in [5.41, 5.74) is -1.16. The molecule has 0 heterocycles. The number of aliphatic hydroxyl groups excluding tert-OH is 1. The number of aliphatic hydroxyl groups is 1. The molecule has 1 amide bonds. The summed E-state index contributed by atoms with van der Waals surface area (Å²) in [6.07, 6.45) is -0.934. The van der Waals surface area contributed by atoms with E-state index in [4.69, 9.17) is 5.11 Å². The third-order valence-electron chi connectivity index (χ3n) is 2.17. The molecule has 0 spiro atoms. The summed E-state index contributed by atoms with van der Waals surface area (Å²) in [6.45, 7) is 1.43. The lowest BCUT2D eigenvalue weighted by Gasteiger charge is -2.09. The first-order valence-corrected chi connectivity index (χ1v) is 5.13. The van der Waals surface area contributed by atoms with Crippen molar-refractivity contribution in [3.63, 3.8) is 0 Å². The van der Waals surface area contributed by atoms with Gasteiger partial charge in [0.15, 0.2) is 23.3 Å². The van der Waals surface area contributed by atoms with Crippen LogP contribution in [0.2, 0.25) is 0 Å². The Balaban J connectivity index is 2.87. The largest absolute Gasteiger partial charge is 0.393 e. The van der Waals surface area contributed by atoms with Crippen molar-refractivity contribution in [2.45, 2.75) is 25.9 Å². The van der Waals surface area contributed by atoms with Gasteiger partial charge in [0.1, 0.15) is 5.69 Å². The Hall–Kier alpha value is -1.63. The van der Waals surface area contributed by atoms with E-state index >= 15 is 0 Å². The zero-order valence-electron chi connectivity index (χ0n) is 9.44. The van der Waals surface area contributed by atoms with Crippen molar-refractivity contribution in [2.24, 2.45) is 0 Å². The Morgan fingerprint density at radius 3 is 2.22 bits per heavy atom. The fourth-order valence-corrected chi connectivity index (χ4v) is 1.22. The lowest BCUT2D eigenvalue weighted by Crippen LogP contribution is -2.17. The molecule has 1 atom stereocenters. The highest BCUT2D eigenvalue weighted by Gasteiger charge is 2.20. The molecule has 0 aliphatic heterocycles.